The number of hydrogen-bond acceptors (Lipinski definition) is 4. The average Bonchev–Trinajstić information content (AvgIpc) is 2.66. The van der Waals surface area contributed by atoms with Gasteiger partial charge in [0.15, 0.2) is 0 Å². The molecular weight excluding hydrogens is 324 g/mol. The number of rotatable bonds is 7. The Morgan fingerprint density at radius 1 is 1.00 bits per heavy atom. The molecule has 2 aromatic carbocycles. The second kappa shape index (κ2) is 8.76. The lowest BCUT2D eigenvalue weighted by molar-refractivity contribution is 0.102. The summed E-state index contributed by atoms with van der Waals surface area (Å²) in [7, 11) is 0. The number of nitrogens with zero attached hydrogens (tertiary/aromatic N) is 2. The number of carbonyl (C=O) groups is 1. The van der Waals surface area contributed by atoms with Gasteiger partial charge in [-0.05, 0) is 43.0 Å². The van der Waals surface area contributed by atoms with Crippen LogP contribution in [0.1, 0.15) is 27.9 Å². The third-order valence-corrected chi connectivity index (χ3v) is 3.96. The standard InChI is InChI=1S/C21H22N4O/c1-16-7-5-11-19(13-16)25-20(26)18-14-23-21(24-15-18)22-12-6-10-17-8-3-2-4-9-17/h2-5,7-9,11,13-15H,6,10,12H2,1H3,(H,25,26)(H,22,23,24). The first-order valence-corrected chi connectivity index (χ1v) is 8.68. The van der Waals surface area contributed by atoms with Crippen LogP contribution >= 0.6 is 0 Å². The van der Waals surface area contributed by atoms with Gasteiger partial charge in [-0.1, -0.05) is 42.5 Å². The predicted octanol–water partition coefficient (Wildman–Crippen LogP) is 4.08. The van der Waals surface area contributed by atoms with Crippen LogP contribution in [0.4, 0.5) is 11.6 Å². The van der Waals surface area contributed by atoms with Crippen LogP contribution in [0.2, 0.25) is 0 Å². The van der Waals surface area contributed by atoms with E-state index in [-0.39, 0.29) is 5.91 Å². The van der Waals surface area contributed by atoms with E-state index in [1.165, 1.54) is 18.0 Å². The summed E-state index contributed by atoms with van der Waals surface area (Å²) < 4.78 is 0. The van der Waals surface area contributed by atoms with E-state index in [1.54, 1.807) is 0 Å². The van der Waals surface area contributed by atoms with Crippen molar-refractivity contribution in [3.63, 3.8) is 0 Å². The number of aromatic nitrogens is 2. The summed E-state index contributed by atoms with van der Waals surface area (Å²) in [6.45, 7) is 2.76. The molecule has 2 N–H and O–H groups in total. The first kappa shape index (κ1) is 17.6. The number of hydrogen-bond donors (Lipinski definition) is 2. The van der Waals surface area contributed by atoms with E-state index in [4.69, 9.17) is 0 Å². The molecule has 1 aromatic heterocycles. The van der Waals surface area contributed by atoms with Crippen molar-refractivity contribution < 1.29 is 4.79 Å². The van der Waals surface area contributed by atoms with Gasteiger partial charge in [0.1, 0.15) is 0 Å². The molecule has 0 aliphatic heterocycles. The Hall–Kier alpha value is -3.21. The highest BCUT2D eigenvalue weighted by Crippen LogP contribution is 2.11. The summed E-state index contributed by atoms with van der Waals surface area (Å²) in [6.07, 6.45) is 5.07. The molecule has 1 amide bonds. The van der Waals surface area contributed by atoms with E-state index < -0.39 is 0 Å². The van der Waals surface area contributed by atoms with Crippen LogP contribution in [0.3, 0.4) is 0 Å². The number of nitrogens with one attached hydrogen (secondary N) is 2. The first-order chi connectivity index (χ1) is 12.7. The van der Waals surface area contributed by atoms with Gasteiger partial charge in [0.05, 0.1) is 5.56 Å². The maximum Gasteiger partial charge on any atom is 0.258 e. The van der Waals surface area contributed by atoms with Gasteiger partial charge in [0, 0.05) is 24.6 Å². The van der Waals surface area contributed by atoms with Gasteiger partial charge in [0.2, 0.25) is 5.95 Å². The molecule has 0 atom stereocenters. The van der Waals surface area contributed by atoms with Crippen LogP contribution in [0.5, 0.6) is 0 Å². The van der Waals surface area contributed by atoms with Gasteiger partial charge in [-0.15, -0.1) is 0 Å². The smallest absolute Gasteiger partial charge is 0.258 e. The van der Waals surface area contributed by atoms with Crippen molar-refractivity contribution in [1.29, 1.82) is 0 Å². The maximum absolute atomic E-state index is 12.2. The normalized spacial score (nSPS) is 10.3. The van der Waals surface area contributed by atoms with Crippen molar-refractivity contribution in [3.8, 4) is 0 Å². The Bertz CT molecular complexity index is 847. The Kier molecular flexibility index (Phi) is 5.93. The second-order valence-electron chi connectivity index (χ2n) is 6.13. The molecule has 1 heterocycles. The zero-order valence-corrected chi connectivity index (χ0v) is 14.8. The first-order valence-electron chi connectivity index (χ1n) is 8.68. The molecule has 0 saturated heterocycles. The van der Waals surface area contributed by atoms with E-state index in [1.807, 2.05) is 49.4 Å². The zero-order valence-electron chi connectivity index (χ0n) is 14.8. The van der Waals surface area contributed by atoms with Crippen LogP contribution in [0.15, 0.2) is 67.0 Å². The lowest BCUT2D eigenvalue weighted by Crippen LogP contribution is -2.14. The van der Waals surface area contributed by atoms with Crippen LogP contribution in [0, 0.1) is 6.92 Å². The van der Waals surface area contributed by atoms with E-state index in [2.05, 4.69) is 32.7 Å². The quantitative estimate of drug-likeness (QED) is 0.633. The van der Waals surface area contributed by atoms with Crippen LogP contribution in [-0.2, 0) is 6.42 Å². The van der Waals surface area contributed by atoms with E-state index >= 15 is 0 Å². The topological polar surface area (TPSA) is 66.9 Å². The summed E-state index contributed by atoms with van der Waals surface area (Å²) in [6, 6.07) is 18.0. The molecule has 0 fully saturated rings. The van der Waals surface area contributed by atoms with Crippen molar-refractivity contribution in [2.45, 2.75) is 19.8 Å². The number of carbonyl (C=O) groups excluding carboxylic acids is 1. The Morgan fingerprint density at radius 2 is 1.77 bits per heavy atom. The molecule has 0 unspecified atom stereocenters. The summed E-state index contributed by atoms with van der Waals surface area (Å²) in [5, 5.41) is 6.03. The summed E-state index contributed by atoms with van der Waals surface area (Å²) in [4.78, 5) is 20.7. The number of benzene rings is 2. The van der Waals surface area contributed by atoms with Crippen molar-refractivity contribution in [1.82, 2.24) is 9.97 Å². The Balaban J connectivity index is 1.47. The second-order valence-corrected chi connectivity index (χ2v) is 6.13. The van der Waals surface area contributed by atoms with Crippen LogP contribution in [-0.4, -0.2) is 22.4 Å². The van der Waals surface area contributed by atoms with Gasteiger partial charge in [-0.3, -0.25) is 4.79 Å². The zero-order chi connectivity index (χ0) is 18.2. The maximum atomic E-state index is 12.2. The van der Waals surface area contributed by atoms with Crippen molar-refractivity contribution in [2.75, 3.05) is 17.2 Å². The monoisotopic (exact) mass is 346 g/mol. The molecule has 26 heavy (non-hydrogen) atoms. The fraction of sp³-hybridized carbons (Fsp3) is 0.190. The molecule has 0 bridgehead atoms. The average molecular weight is 346 g/mol. The van der Waals surface area contributed by atoms with Gasteiger partial charge < -0.3 is 10.6 Å². The van der Waals surface area contributed by atoms with Gasteiger partial charge >= 0.3 is 0 Å². The molecule has 0 spiro atoms. The molecule has 3 aromatic rings. The minimum absolute atomic E-state index is 0.216. The molecule has 0 aliphatic carbocycles. The van der Waals surface area contributed by atoms with E-state index in [0.29, 0.717) is 11.5 Å². The third-order valence-electron chi connectivity index (χ3n) is 3.96. The van der Waals surface area contributed by atoms with Crippen molar-refractivity contribution >= 4 is 17.5 Å². The van der Waals surface area contributed by atoms with E-state index in [0.717, 1.165) is 30.6 Å². The van der Waals surface area contributed by atoms with Gasteiger partial charge in [0.25, 0.3) is 5.91 Å². The fourth-order valence-electron chi connectivity index (χ4n) is 2.60. The number of aryl methyl sites for hydroxylation is 2. The molecule has 5 nitrogen and oxygen atoms in total. The summed E-state index contributed by atoms with van der Waals surface area (Å²) in [5.74, 6) is 0.316. The molecule has 5 heteroatoms. The highest BCUT2D eigenvalue weighted by Gasteiger charge is 2.07. The lowest BCUT2D eigenvalue weighted by Gasteiger charge is -2.07. The van der Waals surface area contributed by atoms with Gasteiger partial charge in [-0.25, -0.2) is 9.97 Å². The highest BCUT2D eigenvalue weighted by atomic mass is 16.1. The minimum atomic E-state index is -0.216. The number of amides is 1. The van der Waals surface area contributed by atoms with Crippen molar-refractivity contribution in [2.24, 2.45) is 0 Å². The number of anilines is 2. The van der Waals surface area contributed by atoms with Crippen molar-refractivity contribution in [3.05, 3.63) is 83.7 Å². The third kappa shape index (κ3) is 5.14. The minimum Gasteiger partial charge on any atom is -0.354 e. The fourth-order valence-corrected chi connectivity index (χ4v) is 2.60. The lowest BCUT2D eigenvalue weighted by atomic mass is 10.1. The molecule has 0 aliphatic rings. The van der Waals surface area contributed by atoms with Crippen LogP contribution in [0.25, 0.3) is 0 Å². The Labute approximate surface area is 153 Å². The molecule has 0 saturated carbocycles. The van der Waals surface area contributed by atoms with Gasteiger partial charge in [-0.2, -0.15) is 0 Å². The molecule has 132 valence electrons. The summed E-state index contributed by atoms with van der Waals surface area (Å²) >= 11 is 0. The largest absolute Gasteiger partial charge is 0.354 e. The molecule has 3 rings (SSSR count). The van der Waals surface area contributed by atoms with E-state index in [9.17, 15) is 4.79 Å². The highest BCUT2D eigenvalue weighted by molar-refractivity contribution is 6.03. The molecular formula is C21H22N4O. The summed E-state index contributed by atoms with van der Waals surface area (Å²) in [5.41, 5.74) is 3.60. The predicted molar refractivity (Wildman–Crippen MR) is 104 cm³/mol. The molecule has 0 radical (unpaired) electrons. The SMILES string of the molecule is Cc1cccc(NC(=O)c2cnc(NCCCc3ccccc3)nc2)c1. The Morgan fingerprint density at radius 3 is 2.50 bits per heavy atom. The van der Waals surface area contributed by atoms with Crippen LogP contribution < -0.4 is 10.6 Å².